The largest absolute Gasteiger partial charge is 0.462 e. The molecule has 1 aromatic carbocycles. The summed E-state index contributed by atoms with van der Waals surface area (Å²) in [6.07, 6.45) is 0. The summed E-state index contributed by atoms with van der Waals surface area (Å²) in [4.78, 5) is 40.6. The molecule has 2 rings (SSSR count). The van der Waals surface area contributed by atoms with Crippen LogP contribution in [0.3, 0.4) is 0 Å². The number of ether oxygens (including phenoxy) is 1. The topological polar surface area (TPSA) is 73.3 Å². The molecule has 0 saturated heterocycles. The summed E-state index contributed by atoms with van der Waals surface area (Å²) in [5.41, 5.74) is 1.58. The van der Waals surface area contributed by atoms with Crippen LogP contribution in [0.15, 0.2) is 35.4 Å². The number of esters is 1. The predicted molar refractivity (Wildman–Crippen MR) is 101 cm³/mol. The summed E-state index contributed by atoms with van der Waals surface area (Å²) in [5, 5.41) is 0.921. The van der Waals surface area contributed by atoms with Gasteiger partial charge in [0.1, 0.15) is 5.03 Å². The number of aromatic nitrogens is 1. The van der Waals surface area contributed by atoms with E-state index in [1.165, 1.54) is 13.0 Å². The fourth-order valence-corrected chi connectivity index (χ4v) is 3.32. The Balaban J connectivity index is 2.27. The average molecular weight is 392 g/mol. The highest BCUT2D eigenvalue weighted by atomic mass is 35.5. The van der Waals surface area contributed by atoms with Crippen molar-refractivity contribution in [2.24, 2.45) is 0 Å². The van der Waals surface area contributed by atoms with E-state index < -0.39 is 5.97 Å². The minimum atomic E-state index is -0.566. The second kappa shape index (κ2) is 8.96. The molecule has 7 heteroatoms. The van der Waals surface area contributed by atoms with Crippen LogP contribution in [0.1, 0.15) is 50.6 Å². The Bertz CT molecular complexity index is 849. The highest BCUT2D eigenvalue weighted by Gasteiger charge is 2.20. The fraction of sp³-hybridized carbons (Fsp3) is 0.263. The Hall–Kier alpha value is -2.18. The third kappa shape index (κ3) is 4.93. The van der Waals surface area contributed by atoms with Crippen LogP contribution in [0.2, 0.25) is 5.02 Å². The molecule has 1 heterocycles. The highest BCUT2D eigenvalue weighted by molar-refractivity contribution is 8.00. The SMILES string of the molecule is CCOC(=O)c1cc(C(C)=O)c(C)nc1SCC(=O)c1ccc(Cl)cc1. The first-order chi connectivity index (χ1) is 12.3. The highest BCUT2D eigenvalue weighted by Crippen LogP contribution is 2.25. The number of carbonyl (C=O) groups excluding carboxylic acids is 3. The smallest absolute Gasteiger partial charge is 0.340 e. The predicted octanol–water partition coefficient (Wildman–Crippen LogP) is 4.40. The van der Waals surface area contributed by atoms with Crippen molar-refractivity contribution in [1.29, 1.82) is 0 Å². The van der Waals surface area contributed by atoms with E-state index in [0.29, 0.717) is 26.9 Å². The molecule has 0 fully saturated rings. The quantitative estimate of drug-likeness (QED) is 0.395. The molecule has 0 aliphatic carbocycles. The van der Waals surface area contributed by atoms with Gasteiger partial charge in [-0.25, -0.2) is 9.78 Å². The molecule has 0 N–H and O–H groups in total. The summed E-state index contributed by atoms with van der Waals surface area (Å²) >= 11 is 6.96. The Kier molecular flexibility index (Phi) is 6.94. The van der Waals surface area contributed by atoms with Crippen molar-refractivity contribution in [3.05, 3.63) is 57.7 Å². The average Bonchev–Trinajstić information content (AvgIpc) is 2.60. The number of aryl methyl sites for hydroxylation is 1. The van der Waals surface area contributed by atoms with Crippen LogP contribution in [0, 0.1) is 6.92 Å². The molecule has 0 amide bonds. The van der Waals surface area contributed by atoms with Crippen LogP contribution in [0.5, 0.6) is 0 Å². The van der Waals surface area contributed by atoms with Gasteiger partial charge in [0.15, 0.2) is 11.6 Å². The van der Waals surface area contributed by atoms with Gasteiger partial charge < -0.3 is 4.74 Å². The van der Waals surface area contributed by atoms with Crippen LogP contribution >= 0.6 is 23.4 Å². The first kappa shape index (κ1) is 20.1. The van der Waals surface area contributed by atoms with Gasteiger partial charge in [0.25, 0.3) is 0 Å². The first-order valence-corrected chi connectivity index (χ1v) is 9.31. The van der Waals surface area contributed by atoms with Crippen LogP contribution in [0.25, 0.3) is 0 Å². The second-order valence-corrected chi connectivity index (χ2v) is 6.87. The Labute approximate surface area is 161 Å². The number of nitrogens with zero attached hydrogens (tertiary/aromatic N) is 1. The second-order valence-electron chi connectivity index (χ2n) is 5.47. The summed E-state index contributed by atoms with van der Waals surface area (Å²) in [5.74, 6) is -0.769. The van der Waals surface area contributed by atoms with E-state index in [-0.39, 0.29) is 29.5 Å². The summed E-state index contributed by atoms with van der Waals surface area (Å²) in [7, 11) is 0. The number of rotatable bonds is 7. The van der Waals surface area contributed by atoms with E-state index >= 15 is 0 Å². The number of hydrogen-bond acceptors (Lipinski definition) is 6. The Morgan fingerprint density at radius 3 is 2.38 bits per heavy atom. The van der Waals surface area contributed by atoms with Gasteiger partial charge >= 0.3 is 5.97 Å². The number of pyridine rings is 1. The Morgan fingerprint density at radius 1 is 1.15 bits per heavy atom. The summed E-state index contributed by atoms with van der Waals surface area (Å²) in [6, 6.07) is 8.07. The lowest BCUT2D eigenvalue weighted by Gasteiger charge is -2.11. The van der Waals surface area contributed by atoms with Crippen LogP contribution in [0.4, 0.5) is 0 Å². The van der Waals surface area contributed by atoms with Crippen molar-refractivity contribution < 1.29 is 19.1 Å². The molecule has 0 radical (unpaired) electrons. The number of benzene rings is 1. The zero-order valence-electron chi connectivity index (χ0n) is 14.7. The molecule has 2 aromatic rings. The van der Waals surface area contributed by atoms with Gasteiger partial charge in [0.2, 0.25) is 0 Å². The van der Waals surface area contributed by atoms with E-state index in [0.717, 1.165) is 11.8 Å². The number of ketones is 2. The zero-order valence-corrected chi connectivity index (χ0v) is 16.2. The lowest BCUT2D eigenvalue weighted by molar-refractivity contribution is 0.0521. The standard InChI is InChI=1S/C19H18ClNO4S/c1-4-25-19(24)16-9-15(12(3)22)11(2)21-18(16)26-10-17(23)13-5-7-14(20)8-6-13/h5-9H,4,10H2,1-3H3. The molecule has 1 aromatic heterocycles. The number of Topliss-reactive ketones (excluding diaryl/α,β-unsaturated/α-hetero) is 2. The van der Waals surface area contributed by atoms with Crippen LogP contribution in [-0.2, 0) is 4.74 Å². The third-order valence-corrected chi connectivity index (χ3v) is 4.80. The molecular formula is C19H18ClNO4S. The fourth-order valence-electron chi connectivity index (χ4n) is 2.26. The molecule has 136 valence electrons. The molecule has 0 unspecified atom stereocenters. The molecule has 0 bridgehead atoms. The van der Waals surface area contributed by atoms with Gasteiger partial charge in [0, 0.05) is 21.8 Å². The number of carbonyl (C=O) groups is 3. The maximum Gasteiger partial charge on any atom is 0.340 e. The molecule has 0 saturated carbocycles. The minimum absolute atomic E-state index is 0.0971. The summed E-state index contributed by atoms with van der Waals surface area (Å²) < 4.78 is 5.04. The minimum Gasteiger partial charge on any atom is -0.462 e. The number of thioether (sulfide) groups is 1. The number of halogens is 1. The van der Waals surface area contributed by atoms with Crippen LogP contribution < -0.4 is 0 Å². The first-order valence-electron chi connectivity index (χ1n) is 7.94. The van der Waals surface area contributed by atoms with Crippen LogP contribution in [-0.4, -0.2) is 34.9 Å². The lowest BCUT2D eigenvalue weighted by atomic mass is 10.1. The Morgan fingerprint density at radius 2 is 1.81 bits per heavy atom. The van der Waals surface area contributed by atoms with Crippen molar-refractivity contribution in [3.63, 3.8) is 0 Å². The van der Waals surface area contributed by atoms with Crippen molar-refractivity contribution in [2.75, 3.05) is 12.4 Å². The van der Waals surface area contributed by atoms with Gasteiger partial charge in [-0.05, 0) is 51.1 Å². The maximum atomic E-state index is 12.3. The van der Waals surface area contributed by atoms with Crippen molar-refractivity contribution in [3.8, 4) is 0 Å². The zero-order chi connectivity index (χ0) is 19.3. The van der Waals surface area contributed by atoms with E-state index in [2.05, 4.69) is 4.98 Å². The van der Waals surface area contributed by atoms with E-state index in [4.69, 9.17) is 16.3 Å². The van der Waals surface area contributed by atoms with Gasteiger partial charge in [-0.1, -0.05) is 23.4 Å². The molecular weight excluding hydrogens is 374 g/mol. The van der Waals surface area contributed by atoms with Gasteiger partial charge in [-0.3, -0.25) is 9.59 Å². The molecule has 0 aliphatic heterocycles. The van der Waals surface area contributed by atoms with E-state index in [1.807, 2.05) is 0 Å². The lowest BCUT2D eigenvalue weighted by Crippen LogP contribution is -2.12. The number of hydrogen-bond donors (Lipinski definition) is 0. The normalized spacial score (nSPS) is 10.5. The summed E-state index contributed by atoms with van der Waals surface area (Å²) in [6.45, 7) is 5.00. The van der Waals surface area contributed by atoms with E-state index in [1.54, 1.807) is 38.1 Å². The maximum absolute atomic E-state index is 12.3. The van der Waals surface area contributed by atoms with Gasteiger partial charge in [-0.2, -0.15) is 0 Å². The van der Waals surface area contributed by atoms with Gasteiger partial charge in [0.05, 0.1) is 17.9 Å². The van der Waals surface area contributed by atoms with Crippen molar-refractivity contribution in [1.82, 2.24) is 4.98 Å². The molecule has 5 nitrogen and oxygen atoms in total. The van der Waals surface area contributed by atoms with E-state index in [9.17, 15) is 14.4 Å². The van der Waals surface area contributed by atoms with Gasteiger partial charge in [-0.15, -0.1) is 0 Å². The monoisotopic (exact) mass is 391 g/mol. The van der Waals surface area contributed by atoms with Crippen molar-refractivity contribution >= 4 is 40.9 Å². The molecule has 0 atom stereocenters. The molecule has 26 heavy (non-hydrogen) atoms. The molecule has 0 spiro atoms. The van der Waals surface area contributed by atoms with Crippen molar-refractivity contribution in [2.45, 2.75) is 25.8 Å². The third-order valence-electron chi connectivity index (χ3n) is 3.56. The molecule has 0 aliphatic rings.